The Labute approximate surface area is 123 Å². The zero-order valence-corrected chi connectivity index (χ0v) is 12.4. The number of hydrogen-bond acceptors (Lipinski definition) is 5. The van der Waals surface area contributed by atoms with Gasteiger partial charge in [-0.25, -0.2) is 4.98 Å². The quantitative estimate of drug-likeness (QED) is 0.381. The first-order valence-corrected chi connectivity index (χ1v) is 6.68. The second kappa shape index (κ2) is 6.30. The van der Waals surface area contributed by atoms with E-state index in [0.29, 0.717) is 6.54 Å². The number of amidine groups is 1. The Morgan fingerprint density at radius 1 is 1.43 bits per heavy atom. The molecular formula is C15H20N4O2. The van der Waals surface area contributed by atoms with Crippen LogP contribution in [-0.2, 0) is 0 Å². The number of fused-ring (bicyclic) bond motifs is 1. The average Bonchev–Trinajstić information content (AvgIpc) is 2.52. The Bertz CT molecular complexity index is 657. The molecule has 1 atom stereocenters. The third-order valence-corrected chi connectivity index (χ3v) is 3.49. The van der Waals surface area contributed by atoms with Crippen LogP contribution in [0.25, 0.3) is 10.8 Å². The first kappa shape index (κ1) is 14.9. The number of hydrogen-bond donors (Lipinski definition) is 2. The second-order valence-electron chi connectivity index (χ2n) is 5.00. The molecule has 0 aliphatic rings. The van der Waals surface area contributed by atoms with Gasteiger partial charge in [-0.1, -0.05) is 24.2 Å². The van der Waals surface area contributed by atoms with Crippen molar-refractivity contribution in [2.24, 2.45) is 16.8 Å². The number of oxime groups is 1. The van der Waals surface area contributed by atoms with Gasteiger partial charge in [0.15, 0.2) is 0 Å². The number of rotatable bonds is 5. The molecule has 3 N–H and O–H groups in total. The molecule has 2 aromatic rings. The van der Waals surface area contributed by atoms with Crippen LogP contribution in [0.1, 0.15) is 6.92 Å². The maximum Gasteiger partial charge on any atom is 0.143 e. The van der Waals surface area contributed by atoms with E-state index in [2.05, 4.69) is 10.1 Å². The molecule has 0 saturated heterocycles. The van der Waals surface area contributed by atoms with Crippen LogP contribution in [0.2, 0.25) is 0 Å². The van der Waals surface area contributed by atoms with Crippen molar-refractivity contribution >= 4 is 22.4 Å². The molecule has 0 fully saturated rings. The first-order valence-electron chi connectivity index (χ1n) is 6.68. The van der Waals surface area contributed by atoms with Crippen LogP contribution < -0.4 is 15.4 Å². The van der Waals surface area contributed by atoms with Crippen LogP contribution in [0.5, 0.6) is 5.75 Å². The summed E-state index contributed by atoms with van der Waals surface area (Å²) >= 11 is 0. The molecule has 1 aromatic carbocycles. The van der Waals surface area contributed by atoms with E-state index in [-0.39, 0.29) is 11.8 Å². The highest BCUT2D eigenvalue weighted by atomic mass is 16.5. The van der Waals surface area contributed by atoms with Crippen molar-refractivity contribution in [3.05, 3.63) is 30.5 Å². The van der Waals surface area contributed by atoms with Crippen molar-refractivity contribution in [3.8, 4) is 5.75 Å². The van der Waals surface area contributed by atoms with Crippen molar-refractivity contribution in [1.29, 1.82) is 0 Å². The van der Waals surface area contributed by atoms with E-state index in [9.17, 15) is 0 Å². The minimum atomic E-state index is -0.0809. The van der Waals surface area contributed by atoms with Crippen LogP contribution in [0.3, 0.4) is 0 Å². The number of methoxy groups -OCH3 is 1. The maximum atomic E-state index is 8.74. The molecule has 6 heteroatoms. The van der Waals surface area contributed by atoms with Gasteiger partial charge in [-0.2, -0.15) is 0 Å². The van der Waals surface area contributed by atoms with E-state index in [1.54, 1.807) is 13.3 Å². The minimum Gasteiger partial charge on any atom is -0.496 e. The third kappa shape index (κ3) is 2.99. The van der Waals surface area contributed by atoms with Gasteiger partial charge in [0.2, 0.25) is 0 Å². The van der Waals surface area contributed by atoms with Gasteiger partial charge in [0.1, 0.15) is 17.4 Å². The van der Waals surface area contributed by atoms with Gasteiger partial charge in [-0.3, -0.25) is 0 Å². The summed E-state index contributed by atoms with van der Waals surface area (Å²) in [5, 5.41) is 13.8. The lowest BCUT2D eigenvalue weighted by atomic mass is 10.1. The SMILES string of the molecule is COc1cccc2c(N(C)CC(C)/C(N)=N/O)nccc12. The first-order chi connectivity index (χ1) is 10.1. The summed E-state index contributed by atoms with van der Waals surface area (Å²) in [5.41, 5.74) is 5.63. The molecule has 0 bridgehead atoms. The molecular weight excluding hydrogens is 268 g/mol. The number of pyridine rings is 1. The zero-order chi connectivity index (χ0) is 15.4. The van der Waals surface area contributed by atoms with Crippen molar-refractivity contribution in [3.63, 3.8) is 0 Å². The highest BCUT2D eigenvalue weighted by Gasteiger charge is 2.15. The van der Waals surface area contributed by atoms with Gasteiger partial charge < -0.3 is 20.6 Å². The molecule has 0 spiro atoms. The fourth-order valence-corrected chi connectivity index (χ4v) is 2.33. The van der Waals surface area contributed by atoms with E-state index in [4.69, 9.17) is 15.7 Å². The molecule has 6 nitrogen and oxygen atoms in total. The van der Waals surface area contributed by atoms with Crippen LogP contribution in [0, 0.1) is 5.92 Å². The van der Waals surface area contributed by atoms with E-state index >= 15 is 0 Å². The number of nitrogens with two attached hydrogens (primary N) is 1. The van der Waals surface area contributed by atoms with E-state index in [0.717, 1.165) is 22.3 Å². The normalized spacial score (nSPS) is 13.2. The Kier molecular flexibility index (Phi) is 4.47. The Hall–Kier alpha value is -2.50. The Balaban J connectivity index is 2.38. The summed E-state index contributed by atoms with van der Waals surface area (Å²) in [6, 6.07) is 7.79. The number of ether oxygens (including phenoxy) is 1. The summed E-state index contributed by atoms with van der Waals surface area (Å²) in [5.74, 6) is 1.78. The van der Waals surface area contributed by atoms with Gasteiger partial charge in [-0.15, -0.1) is 0 Å². The summed E-state index contributed by atoms with van der Waals surface area (Å²) in [4.78, 5) is 6.44. The van der Waals surface area contributed by atoms with E-state index in [1.165, 1.54) is 0 Å². The summed E-state index contributed by atoms with van der Waals surface area (Å²) in [7, 11) is 3.58. The van der Waals surface area contributed by atoms with Crippen molar-refractivity contribution in [1.82, 2.24) is 4.98 Å². The zero-order valence-electron chi connectivity index (χ0n) is 12.4. The van der Waals surface area contributed by atoms with Crippen molar-refractivity contribution in [2.45, 2.75) is 6.92 Å². The molecule has 0 aliphatic heterocycles. The standard InChI is InChI=1S/C15H20N4O2/c1-10(14(16)18-20)9-19(2)15-12-5-4-6-13(21-3)11(12)7-8-17-15/h4-8,10,20H,9H2,1-3H3,(H2,16,18). The van der Waals surface area contributed by atoms with Gasteiger partial charge >= 0.3 is 0 Å². The molecule has 112 valence electrons. The Morgan fingerprint density at radius 3 is 2.86 bits per heavy atom. The van der Waals surface area contributed by atoms with Crippen LogP contribution in [0.15, 0.2) is 35.6 Å². The molecule has 21 heavy (non-hydrogen) atoms. The van der Waals surface area contributed by atoms with Crippen molar-refractivity contribution < 1.29 is 9.94 Å². The molecule has 0 saturated carbocycles. The lowest BCUT2D eigenvalue weighted by Gasteiger charge is -2.23. The molecule has 2 rings (SSSR count). The lowest BCUT2D eigenvalue weighted by molar-refractivity contribution is 0.314. The molecule has 0 radical (unpaired) electrons. The monoisotopic (exact) mass is 288 g/mol. The second-order valence-corrected chi connectivity index (χ2v) is 5.00. The fraction of sp³-hybridized carbons (Fsp3) is 0.333. The molecule has 1 heterocycles. The van der Waals surface area contributed by atoms with Crippen LogP contribution in [-0.4, -0.2) is 36.7 Å². The summed E-state index contributed by atoms with van der Waals surface area (Å²) < 4.78 is 5.38. The molecule has 0 aliphatic carbocycles. The molecule has 1 unspecified atom stereocenters. The largest absolute Gasteiger partial charge is 0.496 e. The summed E-state index contributed by atoms with van der Waals surface area (Å²) in [6.45, 7) is 2.50. The predicted octanol–water partition coefficient (Wildman–Crippen LogP) is 2.06. The maximum absolute atomic E-state index is 8.74. The number of aromatic nitrogens is 1. The average molecular weight is 288 g/mol. The third-order valence-electron chi connectivity index (χ3n) is 3.49. The highest BCUT2D eigenvalue weighted by molar-refractivity contribution is 5.96. The number of anilines is 1. The number of benzene rings is 1. The minimum absolute atomic E-state index is 0.0809. The predicted molar refractivity (Wildman–Crippen MR) is 84.1 cm³/mol. The van der Waals surface area contributed by atoms with E-state index < -0.39 is 0 Å². The number of nitrogens with zero attached hydrogens (tertiary/aromatic N) is 3. The van der Waals surface area contributed by atoms with Gasteiger partial charge in [0.25, 0.3) is 0 Å². The van der Waals surface area contributed by atoms with Gasteiger partial charge in [0.05, 0.1) is 7.11 Å². The fourth-order valence-electron chi connectivity index (χ4n) is 2.33. The van der Waals surface area contributed by atoms with Crippen molar-refractivity contribution in [2.75, 3.05) is 25.6 Å². The molecule has 1 aromatic heterocycles. The van der Waals surface area contributed by atoms with Crippen LogP contribution in [0.4, 0.5) is 5.82 Å². The molecule has 0 amide bonds. The van der Waals surface area contributed by atoms with Gasteiger partial charge in [0, 0.05) is 36.5 Å². The lowest BCUT2D eigenvalue weighted by Crippen LogP contribution is -2.33. The van der Waals surface area contributed by atoms with Crippen LogP contribution >= 0.6 is 0 Å². The Morgan fingerprint density at radius 2 is 2.19 bits per heavy atom. The summed E-state index contributed by atoms with van der Waals surface area (Å²) in [6.07, 6.45) is 1.75. The highest BCUT2D eigenvalue weighted by Crippen LogP contribution is 2.30. The topological polar surface area (TPSA) is 84.0 Å². The smallest absolute Gasteiger partial charge is 0.143 e. The van der Waals surface area contributed by atoms with E-state index in [1.807, 2.05) is 43.1 Å². The van der Waals surface area contributed by atoms with Gasteiger partial charge in [-0.05, 0) is 12.1 Å².